The van der Waals surface area contributed by atoms with Gasteiger partial charge in [0.1, 0.15) is 0 Å². The van der Waals surface area contributed by atoms with Gasteiger partial charge in [-0.05, 0) is 12.1 Å². The number of methoxy groups -OCH3 is 1. The van der Waals surface area contributed by atoms with Gasteiger partial charge in [-0.15, -0.1) is 0 Å². The molecule has 78 valence electrons. The van der Waals surface area contributed by atoms with Gasteiger partial charge in [0.15, 0.2) is 11.6 Å². The summed E-state index contributed by atoms with van der Waals surface area (Å²) in [5.74, 6) is -0.633. The second kappa shape index (κ2) is 3.81. The minimum absolute atomic E-state index is 0.0324. The molecule has 3 N–H and O–H groups in total. The second-order valence-electron chi connectivity index (χ2n) is 2.50. The Hall–Kier alpha value is -1.34. The maximum Gasteiger partial charge on any atom is 0.296 e. The van der Waals surface area contributed by atoms with Crippen LogP contribution in [0.3, 0.4) is 0 Å². The summed E-state index contributed by atoms with van der Waals surface area (Å²) in [5, 5.41) is 4.70. The lowest BCUT2D eigenvalue weighted by atomic mass is 10.3. The molecule has 1 rings (SSSR count). The van der Waals surface area contributed by atoms with Gasteiger partial charge in [-0.3, -0.25) is 4.72 Å². The third kappa shape index (κ3) is 2.86. The molecule has 0 radical (unpaired) electrons. The van der Waals surface area contributed by atoms with Crippen LogP contribution >= 0.6 is 0 Å². The molecule has 0 aliphatic rings. The molecule has 0 atom stereocenters. The van der Waals surface area contributed by atoms with Gasteiger partial charge in [-0.2, -0.15) is 8.42 Å². The zero-order valence-electron chi connectivity index (χ0n) is 7.32. The van der Waals surface area contributed by atoms with E-state index >= 15 is 0 Å². The van der Waals surface area contributed by atoms with Gasteiger partial charge in [-0.1, -0.05) is 0 Å². The van der Waals surface area contributed by atoms with Crippen molar-refractivity contribution in [2.24, 2.45) is 5.14 Å². The number of hydrogen-bond donors (Lipinski definition) is 2. The summed E-state index contributed by atoms with van der Waals surface area (Å²) < 4.78 is 40.8. The van der Waals surface area contributed by atoms with E-state index in [1.807, 2.05) is 4.72 Å². The van der Waals surface area contributed by atoms with Crippen LogP contribution in [0.25, 0.3) is 0 Å². The number of rotatable bonds is 3. The van der Waals surface area contributed by atoms with Gasteiger partial charge in [0.05, 0.1) is 12.8 Å². The average Bonchev–Trinajstić information content (AvgIpc) is 2.01. The Morgan fingerprint density at radius 1 is 1.50 bits per heavy atom. The van der Waals surface area contributed by atoms with Crippen molar-refractivity contribution in [2.45, 2.75) is 0 Å². The quantitative estimate of drug-likeness (QED) is 0.775. The smallest absolute Gasteiger partial charge is 0.296 e. The van der Waals surface area contributed by atoms with Crippen molar-refractivity contribution in [1.82, 2.24) is 0 Å². The summed E-state index contributed by atoms with van der Waals surface area (Å²) in [5.41, 5.74) is 0.0470. The predicted molar refractivity (Wildman–Crippen MR) is 49.7 cm³/mol. The predicted octanol–water partition coefficient (Wildman–Crippen LogP) is 0.450. The molecular formula is C7H9FN2O3S. The molecule has 0 bridgehead atoms. The molecule has 0 amide bonds. The van der Waals surface area contributed by atoms with Crippen LogP contribution in [0.1, 0.15) is 0 Å². The standard InChI is InChI=1S/C7H9FN2O3S/c1-13-7-3-2-5(4-6(7)8)10-14(9,11)12/h2-4,10H,1H3,(H2,9,11,12). The average molecular weight is 220 g/mol. The molecule has 7 heteroatoms. The molecule has 14 heavy (non-hydrogen) atoms. The molecule has 0 aliphatic carbocycles. The molecule has 0 saturated heterocycles. The third-order valence-electron chi connectivity index (χ3n) is 1.41. The van der Waals surface area contributed by atoms with Crippen molar-refractivity contribution >= 4 is 15.9 Å². The lowest BCUT2D eigenvalue weighted by Crippen LogP contribution is -2.21. The van der Waals surface area contributed by atoms with Crippen molar-refractivity contribution < 1.29 is 17.5 Å². The van der Waals surface area contributed by atoms with Crippen LogP contribution in [-0.4, -0.2) is 15.5 Å². The van der Waals surface area contributed by atoms with Crippen molar-refractivity contribution in [3.63, 3.8) is 0 Å². The Bertz CT molecular complexity index is 433. The number of nitrogens with one attached hydrogen (secondary N) is 1. The zero-order valence-corrected chi connectivity index (χ0v) is 8.14. The Kier molecular flexibility index (Phi) is 2.92. The van der Waals surface area contributed by atoms with E-state index in [4.69, 9.17) is 5.14 Å². The molecule has 0 unspecified atom stereocenters. The fourth-order valence-corrected chi connectivity index (χ4v) is 1.35. The van der Waals surface area contributed by atoms with Crippen LogP contribution in [0.5, 0.6) is 5.75 Å². The summed E-state index contributed by atoms with van der Waals surface area (Å²) in [6.45, 7) is 0. The lowest BCUT2D eigenvalue weighted by molar-refractivity contribution is 0.386. The summed E-state index contributed by atoms with van der Waals surface area (Å²) >= 11 is 0. The van der Waals surface area contributed by atoms with Crippen LogP contribution in [0.4, 0.5) is 10.1 Å². The Morgan fingerprint density at radius 3 is 2.57 bits per heavy atom. The fraction of sp³-hybridized carbons (Fsp3) is 0.143. The van der Waals surface area contributed by atoms with E-state index in [9.17, 15) is 12.8 Å². The Balaban J connectivity index is 2.98. The van der Waals surface area contributed by atoms with Crippen molar-refractivity contribution in [3.05, 3.63) is 24.0 Å². The molecule has 0 aliphatic heterocycles. The van der Waals surface area contributed by atoms with Crippen LogP contribution in [-0.2, 0) is 10.2 Å². The summed E-state index contributed by atoms with van der Waals surface area (Å²) in [7, 11) is -2.56. The van der Waals surface area contributed by atoms with Crippen molar-refractivity contribution in [3.8, 4) is 5.75 Å². The summed E-state index contributed by atoms with van der Waals surface area (Å²) in [6.07, 6.45) is 0. The van der Waals surface area contributed by atoms with E-state index < -0.39 is 16.0 Å². The number of nitrogens with two attached hydrogens (primary N) is 1. The number of hydrogen-bond acceptors (Lipinski definition) is 3. The van der Waals surface area contributed by atoms with Gasteiger partial charge >= 0.3 is 0 Å². The first-order valence-corrected chi connectivity index (χ1v) is 5.11. The van der Waals surface area contributed by atoms with Gasteiger partial charge < -0.3 is 4.74 Å². The molecule has 0 saturated carbocycles. The largest absolute Gasteiger partial charge is 0.494 e. The molecule has 5 nitrogen and oxygen atoms in total. The molecule has 0 aromatic heterocycles. The first kappa shape index (κ1) is 10.7. The first-order chi connectivity index (χ1) is 6.42. The van der Waals surface area contributed by atoms with Gasteiger partial charge in [0, 0.05) is 6.07 Å². The number of anilines is 1. The highest BCUT2D eigenvalue weighted by Crippen LogP contribution is 2.20. The topological polar surface area (TPSA) is 81.4 Å². The highest BCUT2D eigenvalue weighted by molar-refractivity contribution is 7.90. The second-order valence-corrected chi connectivity index (χ2v) is 3.79. The summed E-state index contributed by atoms with van der Waals surface area (Å²) in [6, 6.07) is 3.61. The molecule has 0 heterocycles. The molecule has 1 aromatic rings. The monoisotopic (exact) mass is 220 g/mol. The summed E-state index contributed by atoms with van der Waals surface area (Å²) in [4.78, 5) is 0. The molecular weight excluding hydrogens is 211 g/mol. The third-order valence-corrected chi connectivity index (χ3v) is 1.93. The van der Waals surface area contributed by atoms with E-state index in [1.165, 1.54) is 19.2 Å². The molecule has 0 spiro atoms. The van der Waals surface area contributed by atoms with Crippen molar-refractivity contribution in [1.29, 1.82) is 0 Å². The van der Waals surface area contributed by atoms with Crippen LogP contribution in [0.15, 0.2) is 18.2 Å². The molecule has 0 fully saturated rings. The van der Waals surface area contributed by atoms with Gasteiger partial charge in [0.25, 0.3) is 10.2 Å². The number of benzene rings is 1. The van der Waals surface area contributed by atoms with Crippen molar-refractivity contribution in [2.75, 3.05) is 11.8 Å². The van der Waals surface area contributed by atoms with E-state index in [0.29, 0.717) is 0 Å². The normalized spacial score (nSPS) is 11.1. The number of halogens is 1. The van der Waals surface area contributed by atoms with Crippen LogP contribution < -0.4 is 14.6 Å². The van der Waals surface area contributed by atoms with Gasteiger partial charge in [-0.25, -0.2) is 9.53 Å². The minimum Gasteiger partial charge on any atom is -0.494 e. The lowest BCUT2D eigenvalue weighted by Gasteiger charge is -2.05. The number of ether oxygens (including phenoxy) is 1. The van der Waals surface area contributed by atoms with E-state index in [2.05, 4.69) is 4.74 Å². The van der Waals surface area contributed by atoms with Crippen LogP contribution in [0, 0.1) is 5.82 Å². The van der Waals surface area contributed by atoms with Crippen LogP contribution in [0.2, 0.25) is 0 Å². The first-order valence-electron chi connectivity index (χ1n) is 3.56. The molecule has 1 aromatic carbocycles. The maximum absolute atomic E-state index is 13.0. The Labute approximate surface area is 80.9 Å². The SMILES string of the molecule is COc1ccc(NS(N)(=O)=O)cc1F. The highest BCUT2D eigenvalue weighted by atomic mass is 32.2. The minimum atomic E-state index is -3.87. The maximum atomic E-state index is 13.0. The van der Waals surface area contributed by atoms with E-state index in [0.717, 1.165) is 6.07 Å². The fourth-order valence-electron chi connectivity index (χ4n) is 0.894. The Morgan fingerprint density at radius 2 is 2.14 bits per heavy atom. The van der Waals surface area contributed by atoms with E-state index in [-0.39, 0.29) is 11.4 Å². The highest BCUT2D eigenvalue weighted by Gasteiger charge is 2.06. The zero-order chi connectivity index (χ0) is 10.8. The van der Waals surface area contributed by atoms with Gasteiger partial charge in [0.2, 0.25) is 0 Å². The van der Waals surface area contributed by atoms with E-state index in [1.54, 1.807) is 0 Å².